The summed E-state index contributed by atoms with van der Waals surface area (Å²) >= 11 is 5.91. The topological polar surface area (TPSA) is 36.4 Å². The average molecular weight is 370 g/mol. The second-order valence-electron chi connectivity index (χ2n) is 6.59. The van der Waals surface area contributed by atoms with Gasteiger partial charge in [0.25, 0.3) is 0 Å². The van der Waals surface area contributed by atoms with Crippen LogP contribution in [-0.2, 0) is 11.3 Å². The summed E-state index contributed by atoms with van der Waals surface area (Å²) in [6.07, 6.45) is 5.14. The highest BCUT2D eigenvalue weighted by Gasteiger charge is 2.28. The number of hydrogen-bond donors (Lipinski definition) is 0. The Labute approximate surface area is 160 Å². The molecule has 1 saturated heterocycles. The third kappa shape index (κ3) is 4.64. The molecule has 0 N–H and O–H groups in total. The summed E-state index contributed by atoms with van der Waals surface area (Å²) in [5.41, 5.74) is 1.14. The van der Waals surface area contributed by atoms with Crippen LogP contribution in [0.25, 0.3) is 0 Å². The number of aromatic nitrogens is 1. The number of piperidine rings is 1. The van der Waals surface area contributed by atoms with Crippen molar-refractivity contribution in [2.45, 2.75) is 19.4 Å². The maximum absolute atomic E-state index is 13.0. The molecule has 0 bridgehead atoms. The zero-order chi connectivity index (χ0) is 18.4. The van der Waals surface area contributed by atoms with E-state index in [0.717, 1.165) is 37.3 Å². The number of carbonyl (C=O) groups is 1. The van der Waals surface area contributed by atoms with Crippen LogP contribution in [0.15, 0.2) is 61.3 Å². The molecule has 1 aliphatic heterocycles. The van der Waals surface area contributed by atoms with E-state index in [1.807, 2.05) is 35.2 Å². The van der Waals surface area contributed by atoms with Crippen LogP contribution >= 0.6 is 11.6 Å². The molecular weight excluding hydrogens is 346 g/mol. The molecule has 26 heavy (non-hydrogen) atoms. The Bertz CT molecular complexity index is 725. The van der Waals surface area contributed by atoms with Gasteiger partial charge in [-0.25, -0.2) is 4.98 Å². The summed E-state index contributed by atoms with van der Waals surface area (Å²) in [4.78, 5) is 21.5. The fourth-order valence-corrected chi connectivity index (χ4v) is 3.47. The van der Waals surface area contributed by atoms with Gasteiger partial charge in [0.2, 0.25) is 5.91 Å². The Hall–Kier alpha value is -2.33. The molecule has 0 unspecified atom stereocenters. The van der Waals surface area contributed by atoms with E-state index < -0.39 is 0 Å². The minimum atomic E-state index is 0.0576. The first-order chi connectivity index (χ1) is 12.7. The lowest BCUT2D eigenvalue weighted by molar-refractivity contribution is -0.136. The predicted molar refractivity (Wildman–Crippen MR) is 106 cm³/mol. The number of nitrogens with zero attached hydrogens (tertiary/aromatic N) is 3. The summed E-state index contributed by atoms with van der Waals surface area (Å²) in [7, 11) is 0. The van der Waals surface area contributed by atoms with E-state index in [-0.39, 0.29) is 11.8 Å². The van der Waals surface area contributed by atoms with Crippen molar-refractivity contribution >= 4 is 23.3 Å². The lowest BCUT2D eigenvalue weighted by atomic mass is 9.95. The minimum absolute atomic E-state index is 0.0576. The third-order valence-electron chi connectivity index (χ3n) is 4.76. The van der Waals surface area contributed by atoms with E-state index in [2.05, 4.69) is 28.6 Å². The number of pyridine rings is 1. The number of benzene rings is 1. The third-order valence-corrected chi connectivity index (χ3v) is 4.98. The van der Waals surface area contributed by atoms with E-state index in [9.17, 15) is 4.79 Å². The summed E-state index contributed by atoms with van der Waals surface area (Å²) < 4.78 is 0. The van der Waals surface area contributed by atoms with Crippen molar-refractivity contribution in [3.8, 4) is 0 Å². The van der Waals surface area contributed by atoms with E-state index >= 15 is 0 Å². The first kappa shape index (κ1) is 18.5. The summed E-state index contributed by atoms with van der Waals surface area (Å²) in [5, 5.41) is 0.639. The molecule has 0 atom stereocenters. The largest absolute Gasteiger partial charge is 0.357 e. The number of hydrogen-bond acceptors (Lipinski definition) is 3. The SMILES string of the molecule is C=CCN(Cc1ccccc1)C(=O)C1CCN(c2ccc(Cl)cn2)CC1. The van der Waals surface area contributed by atoms with Gasteiger partial charge in [-0.3, -0.25) is 4.79 Å². The second kappa shape index (κ2) is 8.86. The van der Waals surface area contributed by atoms with Gasteiger partial charge in [0.1, 0.15) is 5.82 Å². The number of halogens is 1. The average Bonchev–Trinajstić information content (AvgIpc) is 2.69. The van der Waals surface area contributed by atoms with Gasteiger partial charge in [0, 0.05) is 38.3 Å². The Morgan fingerprint density at radius 1 is 1.23 bits per heavy atom. The molecule has 1 fully saturated rings. The van der Waals surface area contributed by atoms with Crippen LogP contribution in [0, 0.1) is 5.92 Å². The van der Waals surface area contributed by atoms with Gasteiger partial charge in [0.15, 0.2) is 0 Å². The second-order valence-corrected chi connectivity index (χ2v) is 7.03. The van der Waals surface area contributed by atoms with Crippen molar-refractivity contribution in [1.82, 2.24) is 9.88 Å². The zero-order valence-corrected chi connectivity index (χ0v) is 15.6. The van der Waals surface area contributed by atoms with E-state index in [4.69, 9.17) is 11.6 Å². The molecule has 1 aromatic heterocycles. The fourth-order valence-electron chi connectivity index (χ4n) is 3.36. The molecule has 2 heterocycles. The van der Waals surface area contributed by atoms with Crippen molar-refractivity contribution in [3.63, 3.8) is 0 Å². The van der Waals surface area contributed by atoms with Crippen LogP contribution < -0.4 is 4.90 Å². The van der Waals surface area contributed by atoms with Gasteiger partial charge >= 0.3 is 0 Å². The van der Waals surface area contributed by atoms with E-state index in [0.29, 0.717) is 18.1 Å². The van der Waals surface area contributed by atoms with Crippen molar-refractivity contribution in [1.29, 1.82) is 0 Å². The molecule has 1 aromatic carbocycles. The quantitative estimate of drug-likeness (QED) is 0.717. The highest BCUT2D eigenvalue weighted by molar-refractivity contribution is 6.30. The number of rotatable bonds is 6. The molecular formula is C21H24ClN3O. The molecule has 4 nitrogen and oxygen atoms in total. The zero-order valence-electron chi connectivity index (χ0n) is 14.9. The van der Waals surface area contributed by atoms with Crippen molar-refractivity contribution < 1.29 is 4.79 Å². The Morgan fingerprint density at radius 2 is 1.96 bits per heavy atom. The van der Waals surface area contributed by atoms with Gasteiger partial charge in [-0.1, -0.05) is 48.0 Å². The Balaban J connectivity index is 1.60. The van der Waals surface area contributed by atoms with Crippen molar-refractivity contribution in [2.24, 2.45) is 5.92 Å². The number of carbonyl (C=O) groups excluding carboxylic acids is 1. The van der Waals surface area contributed by atoms with Gasteiger partial charge < -0.3 is 9.80 Å². The molecule has 0 aliphatic carbocycles. The van der Waals surface area contributed by atoms with Gasteiger partial charge in [-0.05, 0) is 30.5 Å². The lowest BCUT2D eigenvalue weighted by Gasteiger charge is -2.34. The highest BCUT2D eigenvalue weighted by atomic mass is 35.5. The molecule has 2 aromatic rings. The van der Waals surface area contributed by atoms with Gasteiger partial charge in [-0.15, -0.1) is 6.58 Å². The smallest absolute Gasteiger partial charge is 0.226 e. The Morgan fingerprint density at radius 3 is 2.58 bits per heavy atom. The first-order valence-corrected chi connectivity index (χ1v) is 9.35. The molecule has 136 valence electrons. The fraction of sp³-hybridized carbons (Fsp3) is 0.333. The van der Waals surface area contributed by atoms with Crippen molar-refractivity contribution in [3.05, 3.63) is 71.9 Å². The van der Waals surface area contributed by atoms with Crippen LogP contribution in [0.5, 0.6) is 0 Å². The molecule has 0 spiro atoms. The standard InChI is InChI=1S/C21H24ClN3O/c1-2-12-25(16-17-6-4-3-5-7-17)21(26)18-10-13-24(14-11-18)20-9-8-19(22)15-23-20/h2-9,15,18H,1,10-14,16H2. The van der Waals surface area contributed by atoms with Crippen LogP contribution in [0.1, 0.15) is 18.4 Å². The maximum Gasteiger partial charge on any atom is 0.226 e. The van der Waals surface area contributed by atoms with Crippen LogP contribution in [-0.4, -0.2) is 35.4 Å². The summed E-state index contributed by atoms with van der Waals surface area (Å²) in [6.45, 7) is 6.68. The highest BCUT2D eigenvalue weighted by Crippen LogP contribution is 2.24. The first-order valence-electron chi connectivity index (χ1n) is 8.97. The Kier molecular flexibility index (Phi) is 6.29. The monoisotopic (exact) mass is 369 g/mol. The summed E-state index contributed by atoms with van der Waals surface area (Å²) in [5.74, 6) is 1.20. The predicted octanol–water partition coefficient (Wildman–Crippen LogP) is 4.17. The van der Waals surface area contributed by atoms with Crippen molar-refractivity contribution in [2.75, 3.05) is 24.5 Å². The van der Waals surface area contributed by atoms with Gasteiger partial charge in [0.05, 0.1) is 5.02 Å². The van der Waals surface area contributed by atoms with Crippen LogP contribution in [0.2, 0.25) is 5.02 Å². The number of anilines is 1. The normalized spacial score (nSPS) is 14.9. The molecule has 0 radical (unpaired) electrons. The molecule has 3 rings (SSSR count). The minimum Gasteiger partial charge on any atom is -0.357 e. The maximum atomic E-state index is 13.0. The van der Waals surface area contributed by atoms with Gasteiger partial charge in [-0.2, -0.15) is 0 Å². The van der Waals surface area contributed by atoms with E-state index in [1.165, 1.54) is 0 Å². The molecule has 1 amide bonds. The number of amides is 1. The van der Waals surface area contributed by atoms with Crippen LogP contribution in [0.3, 0.4) is 0 Å². The lowest BCUT2D eigenvalue weighted by Crippen LogP contribution is -2.42. The molecule has 0 saturated carbocycles. The summed E-state index contributed by atoms with van der Waals surface area (Å²) in [6, 6.07) is 13.9. The molecule has 1 aliphatic rings. The molecule has 5 heteroatoms. The van der Waals surface area contributed by atoms with E-state index in [1.54, 1.807) is 12.3 Å². The van der Waals surface area contributed by atoms with Crippen LogP contribution in [0.4, 0.5) is 5.82 Å².